The number of aromatic nitrogens is 1. The maximum Gasteiger partial charge on any atom is 0.223 e. The van der Waals surface area contributed by atoms with Gasteiger partial charge in [0.2, 0.25) is 11.8 Å². The molecule has 1 aromatic heterocycles. The molecule has 1 amide bonds. The van der Waals surface area contributed by atoms with Gasteiger partial charge in [-0.25, -0.2) is 4.98 Å². The van der Waals surface area contributed by atoms with Gasteiger partial charge in [-0.05, 0) is 24.0 Å². The van der Waals surface area contributed by atoms with Crippen molar-refractivity contribution in [1.29, 1.82) is 0 Å². The molecule has 0 spiro atoms. The molecule has 0 aliphatic heterocycles. The first kappa shape index (κ1) is 22.5. The summed E-state index contributed by atoms with van der Waals surface area (Å²) in [5, 5.41) is 10.6. The molecule has 1 N–H and O–H groups in total. The van der Waals surface area contributed by atoms with Crippen LogP contribution in [0.25, 0.3) is 0 Å². The van der Waals surface area contributed by atoms with E-state index >= 15 is 0 Å². The molecule has 0 saturated heterocycles. The van der Waals surface area contributed by atoms with E-state index in [1.54, 1.807) is 49.6 Å². The zero-order valence-electron chi connectivity index (χ0n) is 18.0. The summed E-state index contributed by atoms with van der Waals surface area (Å²) in [6.45, 7) is 5.03. The first-order valence-electron chi connectivity index (χ1n) is 10.00. The highest BCUT2D eigenvalue weighted by Gasteiger charge is 2.24. The van der Waals surface area contributed by atoms with Crippen LogP contribution >= 0.6 is 0 Å². The lowest BCUT2D eigenvalue weighted by Crippen LogP contribution is -2.32. The molecule has 2 atom stereocenters. The number of phenolic OH excluding ortho intramolecular Hbond substituents is 1. The van der Waals surface area contributed by atoms with Crippen molar-refractivity contribution in [2.24, 2.45) is 5.92 Å². The molecule has 6 heteroatoms. The van der Waals surface area contributed by atoms with Crippen LogP contribution in [0.3, 0.4) is 0 Å². The Morgan fingerprint density at radius 3 is 2.52 bits per heavy atom. The van der Waals surface area contributed by atoms with E-state index in [1.165, 1.54) is 0 Å². The summed E-state index contributed by atoms with van der Waals surface area (Å²) in [6, 6.07) is 8.80. The molecular formula is C23H32N2O4. The molecule has 0 saturated carbocycles. The van der Waals surface area contributed by atoms with Crippen LogP contribution in [0.2, 0.25) is 0 Å². The predicted octanol–water partition coefficient (Wildman–Crippen LogP) is 4.22. The van der Waals surface area contributed by atoms with Crippen LogP contribution in [0.4, 0.5) is 0 Å². The number of carbonyl (C=O) groups is 1. The number of aromatic hydroxyl groups is 1. The van der Waals surface area contributed by atoms with Gasteiger partial charge in [0.15, 0.2) is 0 Å². The van der Waals surface area contributed by atoms with E-state index in [0.717, 1.165) is 24.9 Å². The minimum atomic E-state index is -0.323. The van der Waals surface area contributed by atoms with E-state index < -0.39 is 0 Å². The Bertz CT molecular complexity index is 792. The van der Waals surface area contributed by atoms with Crippen molar-refractivity contribution < 1.29 is 19.4 Å². The number of hydrogen-bond donors (Lipinski definition) is 1. The maximum absolute atomic E-state index is 13.0. The molecule has 1 aromatic carbocycles. The number of amides is 1. The fraction of sp³-hybridized carbons (Fsp3) is 0.478. The average molecular weight is 401 g/mol. The van der Waals surface area contributed by atoms with Gasteiger partial charge in [0.1, 0.15) is 11.5 Å². The quantitative estimate of drug-likeness (QED) is 0.646. The third kappa shape index (κ3) is 6.11. The molecule has 6 nitrogen and oxygen atoms in total. The van der Waals surface area contributed by atoms with E-state index in [1.807, 2.05) is 13.1 Å². The molecule has 0 bridgehead atoms. The summed E-state index contributed by atoms with van der Waals surface area (Å²) in [5.41, 5.74) is 1.51. The van der Waals surface area contributed by atoms with Gasteiger partial charge in [0.25, 0.3) is 0 Å². The number of nitrogens with zero attached hydrogens (tertiary/aromatic N) is 2. The first-order chi connectivity index (χ1) is 13.9. The van der Waals surface area contributed by atoms with Crippen molar-refractivity contribution in [3.05, 3.63) is 47.7 Å². The molecule has 29 heavy (non-hydrogen) atoms. The van der Waals surface area contributed by atoms with Crippen LogP contribution in [-0.4, -0.2) is 48.7 Å². The van der Waals surface area contributed by atoms with Gasteiger partial charge in [-0.1, -0.05) is 32.4 Å². The van der Waals surface area contributed by atoms with E-state index in [9.17, 15) is 9.90 Å². The van der Waals surface area contributed by atoms with E-state index in [0.29, 0.717) is 23.1 Å². The van der Waals surface area contributed by atoms with Crippen molar-refractivity contribution >= 4 is 5.91 Å². The number of methoxy groups -OCH3 is 2. The second-order valence-electron chi connectivity index (χ2n) is 7.48. The highest BCUT2D eigenvalue weighted by atomic mass is 16.5. The number of benzene rings is 1. The smallest absolute Gasteiger partial charge is 0.223 e. The van der Waals surface area contributed by atoms with Crippen molar-refractivity contribution in [1.82, 2.24) is 9.88 Å². The number of hydrogen-bond acceptors (Lipinski definition) is 5. The summed E-state index contributed by atoms with van der Waals surface area (Å²) >= 11 is 0. The standard InChI is InChI=1S/C23H32N2O4/c1-6-7-16(2)15-25(3)23(27)13-20(17-8-11-22(29-5)24-14-17)19-10-9-18(28-4)12-21(19)26/h8-12,14,16,20,26H,6-7,13,15H2,1-5H3/t16-,20?/m0/s1. The fourth-order valence-corrected chi connectivity index (χ4v) is 3.55. The lowest BCUT2D eigenvalue weighted by molar-refractivity contribution is -0.130. The van der Waals surface area contributed by atoms with Gasteiger partial charge >= 0.3 is 0 Å². The van der Waals surface area contributed by atoms with Gasteiger partial charge < -0.3 is 19.5 Å². The predicted molar refractivity (Wildman–Crippen MR) is 114 cm³/mol. The van der Waals surface area contributed by atoms with Gasteiger partial charge in [0, 0.05) is 49.8 Å². The Morgan fingerprint density at radius 2 is 1.97 bits per heavy atom. The molecule has 1 unspecified atom stereocenters. The van der Waals surface area contributed by atoms with Crippen LogP contribution in [-0.2, 0) is 4.79 Å². The first-order valence-corrected chi connectivity index (χ1v) is 10.00. The zero-order valence-corrected chi connectivity index (χ0v) is 18.0. The SMILES string of the molecule is CCC[C@H](C)CN(C)C(=O)CC(c1ccc(OC)nc1)c1ccc(OC)cc1O. The third-order valence-electron chi connectivity index (χ3n) is 5.16. The van der Waals surface area contributed by atoms with Crippen LogP contribution < -0.4 is 9.47 Å². The number of rotatable bonds is 10. The zero-order chi connectivity index (χ0) is 21.4. The summed E-state index contributed by atoms with van der Waals surface area (Å²) in [6.07, 6.45) is 4.12. The Balaban J connectivity index is 2.30. The van der Waals surface area contributed by atoms with Gasteiger partial charge in [-0.2, -0.15) is 0 Å². The Kier molecular flexibility index (Phi) is 8.31. The van der Waals surface area contributed by atoms with Crippen LogP contribution in [0.5, 0.6) is 17.4 Å². The number of phenols is 1. The van der Waals surface area contributed by atoms with Crippen molar-refractivity contribution in [2.45, 2.75) is 39.0 Å². The highest BCUT2D eigenvalue weighted by molar-refractivity contribution is 5.77. The monoisotopic (exact) mass is 400 g/mol. The average Bonchev–Trinajstić information content (AvgIpc) is 2.72. The molecule has 0 aliphatic rings. The molecule has 0 radical (unpaired) electrons. The minimum absolute atomic E-state index is 0.0315. The molecular weight excluding hydrogens is 368 g/mol. The Hall–Kier alpha value is -2.76. The highest BCUT2D eigenvalue weighted by Crippen LogP contribution is 2.36. The summed E-state index contributed by atoms with van der Waals surface area (Å²) < 4.78 is 10.3. The molecule has 2 aromatic rings. The lowest BCUT2D eigenvalue weighted by Gasteiger charge is -2.25. The summed E-state index contributed by atoms with van der Waals surface area (Å²) in [7, 11) is 4.95. The Labute approximate surface area is 173 Å². The van der Waals surface area contributed by atoms with E-state index in [2.05, 4.69) is 18.8 Å². The number of ether oxygens (including phenoxy) is 2. The van der Waals surface area contributed by atoms with Crippen LogP contribution in [0, 0.1) is 5.92 Å². The molecule has 0 fully saturated rings. The second kappa shape index (κ2) is 10.7. The number of pyridine rings is 1. The lowest BCUT2D eigenvalue weighted by atomic mass is 9.88. The molecule has 158 valence electrons. The largest absolute Gasteiger partial charge is 0.508 e. The molecule has 2 rings (SSSR count). The molecule has 0 aliphatic carbocycles. The topological polar surface area (TPSA) is 71.9 Å². The van der Waals surface area contributed by atoms with Crippen molar-refractivity contribution in [3.63, 3.8) is 0 Å². The van der Waals surface area contributed by atoms with E-state index in [-0.39, 0.29) is 24.0 Å². The second-order valence-corrected chi connectivity index (χ2v) is 7.48. The third-order valence-corrected chi connectivity index (χ3v) is 5.16. The van der Waals surface area contributed by atoms with Gasteiger partial charge in [0.05, 0.1) is 14.2 Å². The van der Waals surface area contributed by atoms with E-state index in [4.69, 9.17) is 9.47 Å². The van der Waals surface area contributed by atoms with Gasteiger partial charge in [-0.3, -0.25) is 4.79 Å². The summed E-state index contributed by atoms with van der Waals surface area (Å²) in [4.78, 5) is 19.0. The van der Waals surface area contributed by atoms with Gasteiger partial charge in [-0.15, -0.1) is 0 Å². The fourth-order valence-electron chi connectivity index (χ4n) is 3.55. The normalized spacial score (nSPS) is 12.9. The van der Waals surface area contributed by atoms with Crippen LogP contribution in [0.1, 0.15) is 50.2 Å². The minimum Gasteiger partial charge on any atom is -0.508 e. The van der Waals surface area contributed by atoms with Crippen LogP contribution in [0.15, 0.2) is 36.5 Å². The summed E-state index contributed by atoms with van der Waals surface area (Å²) in [5.74, 6) is 1.32. The maximum atomic E-state index is 13.0. The van der Waals surface area contributed by atoms with Crippen molar-refractivity contribution in [3.8, 4) is 17.4 Å². The molecule has 1 heterocycles. The Morgan fingerprint density at radius 1 is 1.21 bits per heavy atom. The van der Waals surface area contributed by atoms with Crippen molar-refractivity contribution in [2.75, 3.05) is 27.8 Å². The number of carbonyl (C=O) groups excluding carboxylic acids is 1.